The van der Waals surface area contributed by atoms with E-state index in [0.717, 1.165) is 17.4 Å². The monoisotopic (exact) mass is 584 g/mol. The smallest absolute Gasteiger partial charge is 0.321 e. The van der Waals surface area contributed by atoms with Crippen molar-refractivity contribution >= 4 is 61.0 Å². The van der Waals surface area contributed by atoms with Gasteiger partial charge >= 0.3 is 6.18 Å². The van der Waals surface area contributed by atoms with E-state index in [1.54, 1.807) is 6.07 Å². The Morgan fingerprint density at radius 3 is 2.15 bits per heavy atom. The normalized spacial score (nSPS) is 30.6. The molecule has 2 aromatic rings. The molecule has 3 fully saturated rings. The average Bonchev–Trinajstić information content (AvgIpc) is 3.38. The van der Waals surface area contributed by atoms with Gasteiger partial charge in [-0.15, -0.1) is 0 Å². The van der Waals surface area contributed by atoms with Gasteiger partial charge in [0.2, 0.25) is 11.8 Å². The lowest BCUT2D eigenvalue weighted by atomic mass is 9.81. The van der Waals surface area contributed by atoms with E-state index in [-0.39, 0.29) is 50.2 Å². The zero-order valence-electron chi connectivity index (χ0n) is 16.9. The molecular formula is C23H17Br2F3N2O3. The summed E-state index contributed by atoms with van der Waals surface area (Å²) in [5, 5.41) is 2.29. The number of carbonyl (C=O) groups is 3. The number of amides is 3. The molecule has 6 atom stereocenters. The topological polar surface area (TPSA) is 66.5 Å². The van der Waals surface area contributed by atoms with Gasteiger partial charge in [-0.25, -0.2) is 0 Å². The van der Waals surface area contributed by atoms with E-state index in [1.807, 2.05) is 0 Å². The number of hydrogen-bond donors (Lipinski definition) is 1. The molecular weight excluding hydrogens is 569 g/mol. The second-order valence-corrected chi connectivity index (χ2v) is 10.7. The molecule has 3 amide bonds. The second kappa shape index (κ2) is 7.94. The van der Waals surface area contributed by atoms with Gasteiger partial charge in [-0.2, -0.15) is 13.2 Å². The first-order valence-corrected chi connectivity index (χ1v) is 12.2. The van der Waals surface area contributed by atoms with Crippen LogP contribution in [0.3, 0.4) is 0 Å². The highest BCUT2D eigenvalue weighted by atomic mass is 79.9. The van der Waals surface area contributed by atoms with Gasteiger partial charge in [-0.05, 0) is 48.6 Å². The summed E-state index contributed by atoms with van der Waals surface area (Å²) in [4.78, 5) is 40.5. The molecule has 2 saturated carbocycles. The maximum absolute atomic E-state index is 13.3. The van der Waals surface area contributed by atoms with Gasteiger partial charge in [0, 0.05) is 15.2 Å². The molecule has 10 heteroatoms. The number of fused-ring (bicyclic) bond motifs is 5. The Morgan fingerprint density at radius 1 is 0.939 bits per heavy atom. The number of nitrogens with one attached hydrogen (secondary N) is 1. The quantitative estimate of drug-likeness (QED) is 0.396. The first-order valence-electron chi connectivity index (χ1n) is 10.3. The SMILES string of the molecule is O=C(Nc1ccccc1C(F)(F)F)c1cccc(N2C(=O)[C@@H]3[C@H]4C[C@@H]([C@H](Br)[C@@H]4Br)[C@@H]3C2=O)c1. The molecule has 1 N–H and O–H groups in total. The third-order valence-corrected chi connectivity index (χ3v) is 10.0. The number of anilines is 2. The Hall–Kier alpha value is -2.20. The molecule has 0 unspecified atom stereocenters. The molecule has 1 saturated heterocycles. The predicted octanol–water partition coefficient (Wildman–Crippen LogP) is 5.24. The summed E-state index contributed by atoms with van der Waals surface area (Å²) in [5.41, 5.74) is -1.04. The van der Waals surface area contributed by atoms with Gasteiger partial charge in [-0.1, -0.05) is 50.1 Å². The van der Waals surface area contributed by atoms with Crippen molar-refractivity contribution in [2.45, 2.75) is 22.3 Å². The number of para-hydroxylation sites is 1. The van der Waals surface area contributed by atoms with E-state index in [1.165, 1.54) is 36.4 Å². The summed E-state index contributed by atoms with van der Waals surface area (Å²) in [5.74, 6) is -2.06. The molecule has 5 rings (SSSR count). The summed E-state index contributed by atoms with van der Waals surface area (Å²) in [6, 6.07) is 10.5. The molecule has 0 radical (unpaired) electrons. The fourth-order valence-corrected chi connectivity index (χ4v) is 7.30. The lowest BCUT2D eigenvalue weighted by Gasteiger charge is -2.28. The van der Waals surface area contributed by atoms with Crippen molar-refractivity contribution in [1.82, 2.24) is 0 Å². The average molecular weight is 586 g/mol. The highest BCUT2D eigenvalue weighted by molar-refractivity contribution is 9.12. The number of halogens is 5. The van der Waals surface area contributed by atoms with Crippen LogP contribution in [0.25, 0.3) is 0 Å². The van der Waals surface area contributed by atoms with Crippen LogP contribution in [0.15, 0.2) is 48.5 Å². The van der Waals surface area contributed by atoms with E-state index in [0.29, 0.717) is 0 Å². The molecule has 1 aliphatic heterocycles. The largest absolute Gasteiger partial charge is 0.418 e. The van der Waals surface area contributed by atoms with Crippen LogP contribution in [0, 0.1) is 23.7 Å². The fraction of sp³-hybridized carbons (Fsp3) is 0.348. The number of rotatable bonds is 3. The van der Waals surface area contributed by atoms with Crippen LogP contribution < -0.4 is 10.2 Å². The molecule has 0 aromatic heterocycles. The minimum atomic E-state index is -4.63. The highest BCUT2D eigenvalue weighted by Crippen LogP contribution is 2.60. The summed E-state index contributed by atoms with van der Waals surface area (Å²) in [6.45, 7) is 0. The number of nitrogens with zero attached hydrogens (tertiary/aromatic N) is 1. The Morgan fingerprint density at radius 2 is 1.55 bits per heavy atom. The maximum atomic E-state index is 13.3. The number of alkyl halides is 5. The van der Waals surface area contributed by atoms with Crippen molar-refractivity contribution in [3.05, 3.63) is 59.7 Å². The zero-order chi connectivity index (χ0) is 23.7. The minimum absolute atomic E-state index is 0.0434. The molecule has 2 aliphatic carbocycles. The van der Waals surface area contributed by atoms with Crippen molar-refractivity contribution in [1.29, 1.82) is 0 Å². The van der Waals surface area contributed by atoms with Crippen molar-refractivity contribution < 1.29 is 27.6 Å². The number of imide groups is 1. The summed E-state index contributed by atoms with van der Waals surface area (Å²) < 4.78 is 39.8. The lowest BCUT2D eigenvalue weighted by Crippen LogP contribution is -2.37. The van der Waals surface area contributed by atoms with Gasteiger partial charge in [0.1, 0.15) is 0 Å². The second-order valence-electron chi connectivity index (χ2n) is 8.56. The molecule has 33 heavy (non-hydrogen) atoms. The Balaban J connectivity index is 1.41. The van der Waals surface area contributed by atoms with Crippen LogP contribution in [0.1, 0.15) is 22.3 Å². The van der Waals surface area contributed by atoms with Gasteiger partial charge in [0.15, 0.2) is 0 Å². The third kappa shape index (κ3) is 3.53. The van der Waals surface area contributed by atoms with E-state index < -0.39 is 29.5 Å². The van der Waals surface area contributed by atoms with Crippen LogP contribution in [0.4, 0.5) is 24.5 Å². The molecule has 2 bridgehead atoms. The molecule has 172 valence electrons. The Kier molecular flexibility index (Phi) is 5.43. The molecule has 2 aromatic carbocycles. The van der Waals surface area contributed by atoms with Gasteiger partial charge in [0.05, 0.1) is 28.8 Å². The van der Waals surface area contributed by atoms with Crippen molar-refractivity contribution in [2.24, 2.45) is 23.7 Å². The highest BCUT2D eigenvalue weighted by Gasteiger charge is 2.66. The first-order chi connectivity index (χ1) is 15.6. The third-order valence-electron chi connectivity index (χ3n) is 6.83. The molecule has 1 heterocycles. The van der Waals surface area contributed by atoms with E-state index >= 15 is 0 Å². The summed E-state index contributed by atoms with van der Waals surface area (Å²) in [6.07, 6.45) is -3.83. The van der Waals surface area contributed by atoms with Crippen LogP contribution in [-0.2, 0) is 15.8 Å². The Labute approximate surface area is 204 Å². The van der Waals surface area contributed by atoms with Gasteiger partial charge in [0.25, 0.3) is 5.91 Å². The van der Waals surface area contributed by atoms with Gasteiger partial charge < -0.3 is 5.32 Å². The number of carbonyl (C=O) groups excluding carboxylic acids is 3. The molecule has 0 spiro atoms. The first kappa shape index (κ1) is 22.6. The van der Waals surface area contributed by atoms with Crippen molar-refractivity contribution in [3.63, 3.8) is 0 Å². The van der Waals surface area contributed by atoms with Gasteiger partial charge in [-0.3, -0.25) is 19.3 Å². The fourth-order valence-electron chi connectivity index (χ4n) is 5.42. The van der Waals surface area contributed by atoms with E-state index in [9.17, 15) is 27.6 Å². The molecule has 5 nitrogen and oxygen atoms in total. The van der Waals surface area contributed by atoms with Crippen LogP contribution in [0.5, 0.6) is 0 Å². The number of hydrogen-bond acceptors (Lipinski definition) is 3. The lowest BCUT2D eigenvalue weighted by molar-refractivity contribution is -0.137. The van der Waals surface area contributed by atoms with E-state index in [4.69, 9.17) is 0 Å². The van der Waals surface area contributed by atoms with Crippen molar-refractivity contribution in [2.75, 3.05) is 10.2 Å². The number of benzene rings is 2. The standard InChI is InChI=1S/C23H17Br2F3N2O3/c24-18-12-9-13(19(18)25)17-16(12)21(32)30(22(17)33)11-5-3-4-10(8-11)20(31)29-15-7-2-1-6-14(15)23(26,27)28/h1-8,12-13,16-19H,9H2,(H,29,31)/t12-,13-,16-,17+,18-,19+/m1/s1. The van der Waals surface area contributed by atoms with E-state index in [2.05, 4.69) is 37.2 Å². The van der Waals surface area contributed by atoms with Crippen LogP contribution in [-0.4, -0.2) is 27.4 Å². The molecule has 3 aliphatic rings. The zero-order valence-corrected chi connectivity index (χ0v) is 20.0. The predicted molar refractivity (Wildman–Crippen MR) is 122 cm³/mol. The summed E-state index contributed by atoms with van der Waals surface area (Å²) in [7, 11) is 0. The Bertz CT molecular complexity index is 1140. The van der Waals surface area contributed by atoms with Crippen LogP contribution >= 0.6 is 31.9 Å². The summed E-state index contributed by atoms with van der Waals surface area (Å²) >= 11 is 7.28. The maximum Gasteiger partial charge on any atom is 0.418 e. The minimum Gasteiger partial charge on any atom is -0.321 e. The van der Waals surface area contributed by atoms with Crippen LogP contribution in [0.2, 0.25) is 0 Å². The van der Waals surface area contributed by atoms with Crippen molar-refractivity contribution in [3.8, 4) is 0 Å².